The predicted molar refractivity (Wildman–Crippen MR) is 74.9 cm³/mol. The Labute approximate surface area is 119 Å². The van der Waals surface area contributed by atoms with Crippen LogP contribution in [-0.2, 0) is 16.1 Å². The number of carbonyl (C=O) groups excluding carboxylic acids is 1. The van der Waals surface area contributed by atoms with Gasteiger partial charge in [-0.2, -0.15) is 5.48 Å². The van der Waals surface area contributed by atoms with Gasteiger partial charge in [0, 0.05) is 12.4 Å². The molecule has 7 nitrogen and oxygen atoms in total. The molecule has 0 aliphatic rings. The van der Waals surface area contributed by atoms with Gasteiger partial charge in [0.2, 0.25) is 0 Å². The molecule has 0 aliphatic heterocycles. The lowest BCUT2D eigenvalue weighted by molar-refractivity contribution is -0.00849. The Kier molecular flexibility index (Phi) is 7.03. The average Bonchev–Trinajstić information content (AvgIpc) is 2.83. The fourth-order valence-electron chi connectivity index (χ4n) is 1.43. The SMILES string of the molecule is CC(C)(C)OC(=O)NOCCCCNCc1ncc[nH]1. The highest BCUT2D eigenvalue weighted by molar-refractivity contribution is 5.66. The van der Waals surface area contributed by atoms with E-state index in [0.717, 1.165) is 31.8 Å². The second-order valence-electron chi connectivity index (χ2n) is 5.37. The number of hydrogen-bond donors (Lipinski definition) is 3. The second kappa shape index (κ2) is 8.55. The van der Waals surface area contributed by atoms with Gasteiger partial charge in [-0.05, 0) is 40.2 Å². The summed E-state index contributed by atoms with van der Waals surface area (Å²) in [5.74, 6) is 0.924. The Morgan fingerprint density at radius 2 is 2.20 bits per heavy atom. The molecular weight excluding hydrogens is 260 g/mol. The number of hydrogen-bond acceptors (Lipinski definition) is 5. The van der Waals surface area contributed by atoms with Crippen LogP contribution in [0.5, 0.6) is 0 Å². The molecule has 1 aromatic rings. The molecule has 0 aliphatic carbocycles. The number of nitrogens with zero attached hydrogens (tertiary/aromatic N) is 1. The Bertz CT molecular complexity index is 373. The van der Waals surface area contributed by atoms with Crippen molar-refractivity contribution in [1.82, 2.24) is 20.8 Å². The minimum Gasteiger partial charge on any atom is -0.442 e. The van der Waals surface area contributed by atoms with Crippen LogP contribution >= 0.6 is 0 Å². The predicted octanol–water partition coefficient (Wildman–Crippen LogP) is 1.74. The lowest BCUT2D eigenvalue weighted by atomic mass is 10.2. The third kappa shape index (κ3) is 8.49. The molecule has 0 atom stereocenters. The molecule has 20 heavy (non-hydrogen) atoms. The molecule has 1 amide bonds. The molecular formula is C13H24N4O3. The Hall–Kier alpha value is -1.60. The van der Waals surface area contributed by atoms with Gasteiger partial charge in [-0.1, -0.05) is 0 Å². The number of ether oxygens (including phenoxy) is 1. The van der Waals surface area contributed by atoms with Crippen LogP contribution in [0.3, 0.4) is 0 Å². The third-order valence-corrected chi connectivity index (χ3v) is 2.25. The molecule has 3 N–H and O–H groups in total. The first kappa shape index (κ1) is 16.5. The minimum absolute atomic E-state index is 0.460. The van der Waals surface area contributed by atoms with E-state index in [1.54, 1.807) is 33.2 Å². The van der Waals surface area contributed by atoms with Gasteiger partial charge in [-0.25, -0.2) is 9.78 Å². The first-order valence-corrected chi connectivity index (χ1v) is 6.77. The highest BCUT2D eigenvalue weighted by Gasteiger charge is 2.15. The van der Waals surface area contributed by atoms with Crippen molar-refractivity contribution in [3.05, 3.63) is 18.2 Å². The number of aromatic amines is 1. The molecule has 0 unspecified atom stereocenters. The Balaban J connectivity index is 1.88. The van der Waals surface area contributed by atoms with Gasteiger partial charge in [0.15, 0.2) is 0 Å². The van der Waals surface area contributed by atoms with E-state index in [9.17, 15) is 4.79 Å². The summed E-state index contributed by atoms with van der Waals surface area (Å²) in [6, 6.07) is 0. The molecule has 7 heteroatoms. The van der Waals surface area contributed by atoms with E-state index in [1.165, 1.54) is 0 Å². The summed E-state index contributed by atoms with van der Waals surface area (Å²) in [5, 5.41) is 3.26. The van der Waals surface area contributed by atoms with Crippen LogP contribution in [0.1, 0.15) is 39.4 Å². The van der Waals surface area contributed by atoms with Crippen molar-refractivity contribution in [1.29, 1.82) is 0 Å². The van der Waals surface area contributed by atoms with E-state index in [1.807, 2.05) is 0 Å². The molecule has 0 spiro atoms. The summed E-state index contributed by atoms with van der Waals surface area (Å²) in [6.07, 6.45) is 4.77. The van der Waals surface area contributed by atoms with Crippen LogP contribution in [-0.4, -0.2) is 34.8 Å². The molecule has 0 saturated carbocycles. The fraction of sp³-hybridized carbons (Fsp3) is 0.692. The normalized spacial score (nSPS) is 11.3. The number of nitrogens with one attached hydrogen (secondary N) is 3. The number of imidazole rings is 1. The van der Waals surface area contributed by atoms with Gasteiger partial charge in [-0.15, -0.1) is 0 Å². The fourth-order valence-corrected chi connectivity index (χ4v) is 1.43. The van der Waals surface area contributed by atoms with Gasteiger partial charge in [0.1, 0.15) is 11.4 Å². The van der Waals surface area contributed by atoms with Crippen LogP contribution in [0, 0.1) is 0 Å². The van der Waals surface area contributed by atoms with Crippen molar-refractivity contribution in [2.45, 2.75) is 45.8 Å². The van der Waals surface area contributed by atoms with Gasteiger partial charge < -0.3 is 15.0 Å². The third-order valence-electron chi connectivity index (χ3n) is 2.25. The number of H-pyrrole nitrogens is 1. The lowest BCUT2D eigenvalue weighted by Crippen LogP contribution is -2.32. The zero-order valence-electron chi connectivity index (χ0n) is 12.4. The maximum Gasteiger partial charge on any atom is 0.431 e. The van der Waals surface area contributed by atoms with E-state index in [-0.39, 0.29) is 0 Å². The van der Waals surface area contributed by atoms with Crippen molar-refractivity contribution in [2.75, 3.05) is 13.2 Å². The second-order valence-corrected chi connectivity index (χ2v) is 5.37. The molecule has 1 heterocycles. The van der Waals surface area contributed by atoms with E-state index in [2.05, 4.69) is 20.8 Å². The molecule has 114 valence electrons. The topological polar surface area (TPSA) is 88.3 Å². The van der Waals surface area contributed by atoms with Crippen molar-refractivity contribution in [3.8, 4) is 0 Å². The van der Waals surface area contributed by atoms with Crippen LogP contribution in [0.4, 0.5) is 4.79 Å². The quantitative estimate of drug-likeness (QED) is 0.500. The maximum atomic E-state index is 11.2. The summed E-state index contributed by atoms with van der Waals surface area (Å²) < 4.78 is 5.03. The molecule has 1 aromatic heterocycles. The smallest absolute Gasteiger partial charge is 0.431 e. The van der Waals surface area contributed by atoms with Crippen LogP contribution in [0.2, 0.25) is 0 Å². The van der Waals surface area contributed by atoms with Gasteiger partial charge in [0.25, 0.3) is 0 Å². The zero-order chi connectivity index (χ0) is 14.8. The summed E-state index contributed by atoms with van der Waals surface area (Å²) in [5.41, 5.74) is 1.75. The van der Waals surface area contributed by atoms with Crippen molar-refractivity contribution >= 4 is 6.09 Å². The molecule has 0 fully saturated rings. The number of carbonyl (C=O) groups is 1. The Morgan fingerprint density at radius 1 is 1.40 bits per heavy atom. The maximum absolute atomic E-state index is 11.2. The number of rotatable bonds is 8. The highest BCUT2D eigenvalue weighted by atomic mass is 16.7. The van der Waals surface area contributed by atoms with E-state index < -0.39 is 11.7 Å². The summed E-state index contributed by atoms with van der Waals surface area (Å²) in [7, 11) is 0. The lowest BCUT2D eigenvalue weighted by Gasteiger charge is -2.19. The number of hydroxylamine groups is 1. The molecule has 0 radical (unpaired) electrons. The minimum atomic E-state index is -0.562. The summed E-state index contributed by atoms with van der Waals surface area (Å²) in [6.45, 7) is 7.47. The van der Waals surface area contributed by atoms with Crippen molar-refractivity contribution < 1.29 is 14.4 Å². The van der Waals surface area contributed by atoms with Gasteiger partial charge in [-0.3, -0.25) is 4.84 Å². The largest absolute Gasteiger partial charge is 0.442 e. The van der Waals surface area contributed by atoms with E-state index in [4.69, 9.17) is 9.57 Å². The van der Waals surface area contributed by atoms with E-state index >= 15 is 0 Å². The molecule has 0 aromatic carbocycles. The molecule has 0 bridgehead atoms. The zero-order valence-corrected chi connectivity index (χ0v) is 12.4. The van der Waals surface area contributed by atoms with Crippen LogP contribution in [0.15, 0.2) is 12.4 Å². The Morgan fingerprint density at radius 3 is 2.85 bits per heavy atom. The molecule has 1 rings (SSSR count). The first-order chi connectivity index (χ1) is 9.47. The van der Waals surface area contributed by atoms with Gasteiger partial charge >= 0.3 is 6.09 Å². The van der Waals surface area contributed by atoms with Crippen LogP contribution in [0.25, 0.3) is 0 Å². The number of amides is 1. The van der Waals surface area contributed by atoms with E-state index in [0.29, 0.717) is 6.61 Å². The van der Waals surface area contributed by atoms with Crippen molar-refractivity contribution in [2.24, 2.45) is 0 Å². The highest BCUT2D eigenvalue weighted by Crippen LogP contribution is 2.06. The van der Waals surface area contributed by atoms with Crippen LogP contribution < -0.4 is 10.8 Å². The standard InChI is InChI=1S/C13H24N4O3/c1-13(2,3)20-12(18)17-19-9-5-4-6-14-10-11-15-7-8-16-11/h7-8,14H,4-6,9-10H2,1-3H3,(H,15,16)(H,17,18). The number of aromatic nitrogens is 2. The average molecular weight is 284 g/mol. The first-order valence-electron chi connectivity index (χ1n) is 6.77. The van der Waals surface area contributed by atoms with Gasteiger partial charge in [0.05, 0.1) is 13.2 Å². The van der Waals surface area contributed by atoms with Crippen molar-refractivity contribution in [3.63, 3.8) is 0 Å². The summed E-state index contributed by atoms with van der Waals surface area (Å²) >= 11 is 0. The monoisotopic (exact) mass is 284 g/mol. The summed E-state index contributed by atoms with van der Waals surface area (Å²) in [4.78, 5) is 23.4. The number of unbranched alkanes of at least 4 members (excludes halogenated alkanes) is 1. The molecule has 0 saturated heterocycles.